The van der Waals surface area contributed by atoms with Gasteiger partial charge in [0.2, 0.25) is 5.69 Å². The fourth-order valence-corrected chi connectivity index (χ4v) is 2.39. The Morgan fingerprint density at radius 3 is 2.96 bits per heavy atom. The van der Waals surface area contributed by atoms with Gasteiger partial charge in [-0.2, -0.15) is 9.66 Å². The van der Waals surface area contributed by atoms with Gasteiger partial charge in [0, 0.05) is 6.07 Å². The van der Waals surface area contributed by atoms with Gasteiger partial charge in [0.1, 0.15) is 24.1 Å². The van der Waals surface area contributed by atoms with E-state index in [0.29, 0.717) is 5.65 Å². The minimum Gasteiger partial charge on any atom is -0.839 e. The molecule has 0 atom stereocenters. The number of halogens is 1. The highest BCUT2D eigenvalue weighted by Crippen LogP contribution is 2.16. The molecule has 3 aromatic heterocycles. The number of hydrogen-bond donors (Lipinski definition) is 1. The normalized spacial score (nSPS) is 10.5. The van der Waals surface area contributed by atoms with Gasteiger partial charge in [0.25, 0.3) is 11.6 Å². The number of carbonyl (C=O) groups is 1. The van der Waals surface area contributed by atoms with Gasteiger partial charge in [-0.25, -0.2) is 13.9 Å². The quantitative estimate of drug-likeness (QED) is 0.724. The predicted molar refractivity (Wildman–Crippen MR) is 79.4 cm³/mol. The first kappa shape index (κ1) is 15.4. The third kappa shape index (κ3) is 2.75. The van der Waals surface area contributed by atoms with E-state index in [2.05, 4.69) is 10.3 Å². The Labute approximate surface area is 136 Å². The summed E-state index contributed by atoms with van der Waals surface area (Å²) in [6, 6.07) is 9.55. The van der Waals surface area contributed by atoms with Gasteiger partial charge in [0.05, 0.1) is 24.9 Å². The molecule has 0 fully saturated rings. The van der Waals surface area contributed by atoms with Crippen LogP contribution in [0.4, 0.5) is 10.2 Å². The van der Waals surface area contributed by atoms with Crippen LogP contribution in [-0.2, 0) is 6.54 Å². The van der Waals surface area contributed by atoms with E-state index in [1.807, 2.05) is 6.07 Å². The first-order chi connectivity index (χ1) is 11.6. The van der Waals surface area contributed by atoms with E-state index in [4.69, 9.17) is 5.26 Å². The summed E-state index contributed by atoms with van der Waals surface area (Å²) in [5, 5.41) is 23.8. The summed E-state index contributed by atoms with van der Waals surface area (Å²) in [6.45, 7) is 0.185. The maximum absolute atomic E-state index is 12.9. The van der Waals surface area contributed by atoms with Crippen molar-refractivity contribution in [1.29, 1.82) is 5.26 Å². The number of amides is 1. The van der Waals surface area contributed by atoms with Gasteiger partial charge >= 0.3 is 0 Å². The number of rotatable bonds is 4. The van der Waals surface area contributed by atoms with Gasteiger partial charge in [-0.15, -0.1) is 0 Å². The number of anilines is 1. The molecule has 0 spiro atoms. The molecule has 0 aliphatic rings. The van der Waals surface area contributed by atoms with Crippen LogP contribution in [0.2, 0.25) is 0 Å². The molecule has 3 heterocycles. The van der Waals surface area contributed by atoms with Crippen molar-refractivity contribution in [2.24, 2.45) is 0 Å². The standard InChI is InChI=1S/C16H12FN5O2/c17-11-5-6-12(19-10-11)20-15(23)14-16(24)22(9-3-7-18)13-4-1-2-8-21(13)14/h1-2,4-6,8,10H,3,9H2,(H-,19,20,23,24). The van der Waals surface area contributed by atoms with Crippen LogP contribution in [-0.4, -0.2) is 15.3 Å². The van der Waals surface area contributed by atoms with E-state index >= 15 is 0 Å². The molecule has 0 unspecified atom stereocenters. The van der Waals surface area contributed by atoms with Gasteiger partial charge < -0.3 is 10.4 Å². The highest BCUT2D eigenvalue weighted by atomic mass is 19.1. The Morgan fingerprint density at radius 2 is 2.25 bits per heavy atom. The molecule has 0 aliphatic carbocycles. The van der Waals surface area contributed by atoms with Crippen LogP contribution >= 0.6 is 0 Å². The summed E-state index contributed by atoms with van der Waals surface area (Å²) in [5.74, 6) is -1.55. The Balaban J connectivity index is 2.02. The molecule has 0 aromatic carbocycles. The summed E-state index contributed by atoms with van der Waals surface area (Å²) >= 11 is 0. The van der Waals surface area contributed by atoms with Crippen molar-refractivity contribution < 1.29 is 18.9 Å². The molecule has 0 saturated carbocycles. The van der Waals surface area contributed by atoms with Crippen molar-refractivity contribution in [2.75, 3.05) is 5.32 Å². The number of nitrogens with zero attached hydrogens (tertiary/aromatic N) is 4. The van der Waals surface area contributed by atoms with Crippen molar-refractivity contribution in [2.45, 2.75) is 13.0 Å². The molecular weight excluding hydrogens is 313 g/mol. The second-order valence-electron chi connectivity index (χ2n) is 4.96. The SMILES string of the molecule is N#CCC[n+]1c([O-])c(C(=O)Nc2ccc(F)cn2)n2ccccc21. The van der Waals surface area contributed by atoms with E-state index < -0.39 is 17.6 Å². The molecule has 0 saturated heterocycles. The minimum absolute atomic E-state index is 0.102. The number of hydrogen-bond acceptors (Lipinski definition) is 4. The van der Waals surface area contributed by atoms with E-state index in [1.54, 1.807) is 24.4 Å². The van der Waals surface area contributed by atoms with E-state index in [0.717, 1.165) is 12.3 Å². The molecule has 7 nitrogen and oxygen atoms in total. The van der Waals surface area contributed by atoms with Crippen molar-refractivity contribution >= 4 is 17.4 Å². The molecule has 0 radical (unpaired) electrons. The fraction of sp³-hybridized carbons (Fsp3) is 0.125. The van der Waals surface area contributed by atoms with Crippen LogP contribution in [0.5, 0.6) is 5.88 Å². The average Bonchev–Trinajstić information content (AvgIpc) is 2.86. The number of nitrogens with one attached hydrogen (secondary N) is 1. The maximum Gasteiger partial charge on any atom is 0.300 e. The van der Waals surface area contributed by atoms with Crippen molar-refractivity contribution in [3.05, 3.63) is 54.2 Å². The number of aromatic nitrogens is 3. The predicted octanol–water partition coefficient (Wildman–Crippen LogP) is 1.00. The number of imidazole rings is 1. The summed E-state index contributed by atoms with van der Waals surface area (Å²) in [6.07, 6.45) is 2.71. The minimum atomic E-state index is -0.656. The van der Waals surface area contributed by atoms with E-state index in [9.17, 15) is 14.3 Å². The van der Waals surface area contributed by atoms with Crippen LogP contribution in [0.3, 0.4) is 0 Å². The molecular formula is C16H12FN5O2. The second-order valence-corrected chi connectivity index (χ2v) is 4.96. The zero-order valence-corrected chi connectivity index (χ0v) is 12.4. The lowest BCUT2D eigenvalue weighted by Crippen LogP contribution is -2.36. The van der Waals surface area contributed by atoms with Crippen LogP contribution in [0.1, 0.15) is 16.9 Å². The maximum atomic E-state index is 12.9. The third-order valence-electron chi connectivity index (χ3n) is 3.43. The Kier molecular flexibility index (Phi) is 4.07. The highest BCUT2D eigenvalue weighted by Gasteiger charge is 2.25. The molecule has 0 bridgehead atoms. The lowest BCUT2D eigenvalue weighted by atomic mass is 10.3. The Morgan fingerprint density at radius 1 is 1.42 bits per heavy atom. The molecule has 1 N–H and O–H groups in total. The van der Waals surface area contributed by atoms with Gasteiger partial charge in [-0.05, 0) is 18.2 Å². The van der Waals surface area contributed by atoms with Crippen LogP contribution in [0, 0.1) is 17.1 Å². The van der Waals surface area contributed by atoms with Crippen LogP contribution < -0.4 is 15.0 Å². The molecule has 3 aromatic rings. The average molecular weight is 325 g/mol. The lowest BCUT2D eigenvalue weighted by molar-refractivity contribution is -0.711. The van der Waals surface area contributed by atoms with Crippen molar-refractivity contribution in [3.63, 3.8) is 0 Å². The van der Waals surface area contributed by atoms with Crippen molar-refractivity contribution in [1.82, 2.24) is 9.38 Å². The number of carbonyl (C=O) groups excluding carboxylic acids is 1. The molecule has 24 heavy (non-hydrogen) atoms. The second kappa shape index (κ2) is 6.34. The number of nitriles is 1. The van der Waals surface area contributed by atoms with Gasteiger partial charge in [-0.1, -0.05) is 6.07 Å². The van der Waals surface area contributed by atoms with Gasteiger partial charge in [0.15, 0.2) is 0 Å². The van der Waals surface area contributed by atoms with E-state index in [-0.39, 0.29) is 24.5 Å². The summed E-state index contributed by atoms with van der Waals surface area (Å²) in [4.78, 5) is 16.2. The largest absolute Gasteiger partial charge is 0.839 e. The molecule has 8 heteroatoms. The Hall–Kier alpha value is -3.47. The molecule has 1 amide bonds. The first-order valence-electron chi connectivity index (χ1n) is 7.11. The molecule has 0 aliphatic heterocycles. The third-order valence-corrected chi connectivity index (χ3v) is 3.43. The topological polar surface area (TPSA) is 97.1 Å². The number of fused-ring (bicyclic) bond motifs is 1. The highest BCUT2D eigenvalue weighted by molar-refractivity contribution is 6.04. The monoisotopic (exact) mass is 325 g/mol. The smallest absolute Gasteiger partial charge is 0.300 e. The fourth-order valence-electron chi connectivity index (χ4n) is 2.39. The summed E-state index contributed by atoms with van der Waals surface area (Å²) in [5.41, 5.74) is 0.407. The number of pyridine rings is 2. The Bertz CT molecular complexity index is 943. The first-order valence-corrected chi connectivity index (χ1v) is 7.11. The van der Waals surface area contributed by atoms with Gasteiger partial charge in [-0.3, -0.25) is 4.79 Å². The zero-order valence-electron chi connectivity index (χ0n) is 12.4. The number of aryl methyl sites for hydroxylation is 1. The van der Waals surface area contributed by atoms with Crippen LogP contribution in [0.15, 0.2) is 42.7 Å². The molecule has 3 rings (SSSR count). The molecule has 120 valence electrons. The van der Waals surface area contributed by atoms with Crippen LogP contribution in [0.25, 0.3) is 5.65 Å². The van der Waals surface area contributed by atoms with E-state index in [1.165, 1.54) is 15.0 Å². The zero-order chi connectivity index (χ0) is 17.1. The summed E-state index contributed by atoms with van der Waals surface area (Å²) < 4.78 is 15.7. The summed E-state index contributed by atoms with van der Waals surface area (Å²) in [7, 11) is 0. The van der Waals surface area contributed by atoms with Crippen molar-refractivity contribution in [3.8, 4) is 11.9 Å². The lowest BCUT2D eigenvalue weighted by Gasteiger charge is -2.06.